The first kappa shape index (κ1) is 11.0. The lowest BCUT2D eigenvalue weighted by atomic mass is 9.77. The van der Waals surface area contributed by atoms with Gasteiger partial charge in [0, 0.05) is 14.9 Å². The Kier molecular flexibility index (Phi) is 3.03. The summed E-state index contributed by atoms with van der Waals surface area (Å²) in [6, 6.07) is 8.39. The van der Waals surface area contributed by atoms with Crippen LogP contribution in [-0.2, 0) is 5.41 Å². The highest BCUT2D eigenvalue weighted by Crippen LogP contribution is 2.37. The van der Waals surface area contributed by atoms with Crippen LogP contribution in [0.1, 0.15) is 18.9 Å². The highest BCUT2D eigenvalue weighted by Gasteiger charge is 2.26. The fourth-order valence-corrected chi connectivity index (χ4v) is 2.63. The number of hydrogen-bond acceptors (Lipinski definition) is 0. The molecule has 0 N–H and O–H groups in total. The van der Waals surface area contributed by atoms with Crippen molar-refractivity contribution < 1.29 is 0 Å². The number of allylic oxidation sites excluding steroid dienone is 4. The van der Waals surface area contributed by atoms with Gasteiger partial charge >= 0.3 is 0 Å². The van der Waals surface area contributed by atoms with Crippen molar-refractivity contribution in [1.82, 2.24) is 0 Å². The van der Waals surface area contributed by atoms with E-state index in [0.29, 0.717) is 0 Å². The fourth-order valence-electron chi connectivity index (χ4n) is 1.88. The lowest BCUT2D eigenvalue weighted by Gasteiger charge is -2.28. The summed E-state index contributed by atoms with van der Waals surface area (Å²) in [7, 11) is 0. The number of hydrogen-bond donors (Lipinski definition) is 0. The molecule has 0 spiro atoms. The highest BCUT2D eigenvalue weighted by atomic mass is 79.9. The van der Waals surface area contributed by atoms with Crippen LogP contribution in [-0.4, -0.2) is 0 Å². The second-order valence-corrected chi connectivity index (χ2v) is 5.48. The Hall–Kier alpha value is -0.530. The molecule has 0 fully saturated rings. The third kappa shape index (κ3) is 2.35. The van der Waals surface area contributed by atoms with Gasteiger partial charge in [0.2, 0.25) is 0 Å². The van der Waals surface area contributed by atoms with Gasteiger partial charge in [-0.3, -0.25) is 0 Å². The fraction of sp³-hybridized carbons (Fsp3) is 0.231. The maximum atomic E-state index is 6.09. The summed E-state index contributed by atoms with van der Waals surface area (Å²) in [5.41, 5.74) is 1.31. The molecule has 2 heteroatoms. The molecule has 0 aromatic heterocycles. The monoisotopic (exact) mass is 282 g/mol. The van der Waals surface area contributed by atoms with Crippen LogP contribution in [0.15, 0.2) is 52.0 Å². The maximum absolute atomic E-state index is 6.09. The first-order valence-electron chi connectivity index (χ1n) is 4.90. The Bertz CT molecular complexity index is 434. The van der Waals surface area contributed by atoms with Crippen LogP contribution in [0.4, 0.5) is 0 Å². The Morgan fingerprint density at radius 2 is 2.20 bits per heavy atom. The molecule has 1 aromatic carbocycles. The number of benzene rings is 1. The Morgan fingerprint density at radius 1 is 1.40 bits per heavy atom. The minimum absolute atomic E-state index is 0.0234. The van der Waals surface area contributed by atoms with Gasteiger partial charge in [0.1, 0.15) is 0 Å². The molecule has 1 unspecified atom stereocenters. The van der Waals surface area contributed by atoms with E-state index in [2.05, 4.69) is 47.1 Å². The molecule has 0 saturated carbocycles. The standard InChI is InChI=1S/C13H12BrCl/c1-13(7-3-6-12(15)9-13)10-4-2-5-11(14)8-10/h2-8H,9H2,1H3. The first-order chi connectivity index (χ1) is 7.10. The minimum atomic E-state index is 0.0234. The average Bonchev–Trinajstić information content (AvgIpc) is 2.17. The average molecular weight is 284 g/mol. The van der Waals surface area contributed by atoms with E-state index in [1.807, 2.05) is 18.2 Å². The van der Waals surface area contributed by atoms with E-state index in [1.165, 1.54) is 5.56 Å². The van der Waals surface area contributed by atoms with Gasteiger partial charge in [-0.1, -0.05) is 58.7 Å². The SMILES string of the molecule is CC1(c2cccc(Br)c2)C=CC=C(Cl)C1. The molecule has 0 bridgehead atoms. The molecule has 1 aliphatic rings. The van der Waals surface area contributed by atoms with Gasteiger partial charge in [-0.2, -0.15) is 0 Å². The largest absolute Gasteiger partial charge is 0.0891 e. The van der Waals surface area contributed by atoms with Crippen LogP contribution in [0.2, 0.25) is 0 Å². The Balaban J connectivity index is 2.39. The normalized spacial score (nSPS) is 25.1. The van der Waals surface area contributed by atoms with Crippen LogP contribution in [0, 0.1) is 0 Å². The summed E-state index contributed by atoms with van der Waals surface area (Å²) < 4.78 is 1.11. The summed E-state index contributed by atoms with van der Waals surface area (Å²) in [5, 5.41) is 0.917. The maximum Gasteiger partial charge on any atom is 0.0192 e. The molecule has 2 rings (SSSR count). The summed E-state index contributed by atoms with van der Waals surface area (Å²) >= 11 is 9.59. The summed E-state index contributed by atoms with van der Waals surface area (Å²) in [6.45, 7) is 2.21. The van der Waals surface area contributed by atoms with E-state index in [0.717, 1.165) is 15.9 Å². The Labute approximate surface area is 104 Å². The van der Waals surface area contributed by atoms with Gasteiger partial charge in [-0.25, -0.2) is 0 Å². The van der Waals surface area contributed by atoms with Crippen molar-refractivity contribution in [1.29, 1.82) is 0 Å². The molecule has 78 valence electrons. The van der Waals surface area contributed by atoms with Crippen LogP contribution >= 0.6 is 27.5 Å². The number of halogens is 2. The zero-order valence-electron chi connectivity index (χ0n) is 8.50. The van der Waals surface area contributed by atoms with E-state index in [9.17, 15) is 0 Å². The van der Waals surface area contributed by atoms with Crippen molar-refractivity contribution in [3.05, 3.63) is 57.6 Å². The van der Waals surface area contributed by atoms with E-state index in [1.54, 1.807) is 0 Å². The molecule has 0 aliphatic heterocycles. The molecule has 15 heavy (non-hydrogen) atoms. The summed E-state index contributed by atoms with van der Waals surface area (Å²) in [5.74, 6) is 0. The quantitative estimate of drug-likeness (QED) is 0.695. The molecule has 1 aliphatic carbocycles. The van der Waals surface area contributed by atoms with Crippen molar-refractivity contribution >= 4 is 27.5 Å². The topological polar surface area (TPSA) is 0 Å². The van der Waals surface area contributed by atoms with Crippen molar-refractivity contribution in [2.24, 2.45) is 0 Å². The molecule has 0 heterocycles. The van der Waals surface area contributed by atoms with Crippen LogP contribution < -0.4 is 0 Å². The van der Waals surface area contributed by atoms with E-state index < -0.39 is 0 Å². The van der Waals surface area contributed by atoms with Crippen LogP contribution in [0.3, 0.4) is 0 Å². The number of rotatable bonds is 1. The van der Waals surface area contributed by atoms with Crippen molar-refractivity contribution in [2.45, 2.75) is 18.8 Å². The molecule has 0 radical (unpaired) electrons. The van der Waals surface area contributed by atoms with Crippen molar-refractivity contribution in [2.75, 3.05) is 0 Å². The molecule has 0 saturated heterocycles. The summed E-state index contributed by atoms with van der Waals surface area (Å²) in [4.78, 5) is 0. The predicted molar refractivity (Wildman–Crippen MR) is 69.2 cm³/mol. The van der Waals surface area contributed by atoms with Gasteiger partial charge in [0.25, 0.3) is 0 Å². The molecule has 0 amide bonds. The third-order valence-electron chi connectivity index (χ3n) is 2.76. The van der Waals surface area contributed by atoms with E-state index in [-0.39, 0.29) is 5.41 Å². The lowest BCUT2D eigenvalue weighted by molar-refractivity contribution is 0.593. The third-order valence-corrected chi connectivity index (χ3v) is 3.51. The van der Waals surface area contributed by atoms with Gasteiger partial charge in [0.15, 0.2) is 0 Å². The van der Waals surface area contributed by atoms with Crippen molar-refractivity contribution in [3.63, 3.8) is 0 Å². The van der Waals surface area contributed by atoms with Gasteiger partial charge in [-0.15, -0.1) is 0 Å². The highest BCUT2D eigenvalue weighted by molar-refractivity contribution is 9.10. The van der Waals surface area contributed by atoms with Gasteiger partial charge in [-0.05, 0) is 30.2 Å². The minimum Gasteiger partial charge on any atom is -0.0891 e. The smallest absolute Gasteiger partial charge is 0.0192 e. The molecule has 1 aromatic rings. The summed E-state index contributed by atoms with van der Waals surface area (Å²) in [6.07, 6.45) is 7.08. The zero-order chi connectivity index (χ0) is 10.9. The second-order valence-electron chi connectivity index (χ2n) is 4.08. The predicted octanol–water partition coefficient (Wildman–Crippen LogP) is 4.79. The van der Waals surface area contributed by atoms with Crippen molar-refractivity contribution in [3.8, 4) is 0 Å². The van der Waals surface area contributed by atoms with Crippen LogP contribution in [0.25, 0.3) is 0 Å². The van der Waals surface area contributed by atoms with Crippen LogP contribution in [0.5, 0.6) is 0 Å². The Morgan fingerprint density at radius 3 is 2.87 bits per heavy atom. The van der Waals surface area contributed by atoms with Gasteiger partial charge < -0.3 is 0 Å². The molecular weight excluding hydrogens is 272 g/mol. The molecule has 1 atom stereocenters. The van der Waals surface area contributed by atoms with E-state index >= 15 is 0 Å². The first-order valence-corrected chi connectivity index (χ1v) is 6.07. The zero-order valence-corrected chi connectivity index (χ0v) is 10.8. The second kappa shape index (κ2) is 4.15. The molecule has 0 nitrogen and oxygen atoms in total. The van der Waals surface area contributed by atoms with Gasteiger partial charge in [0.05, 0.1) is 0 Å². The molecular formula is C13H12BrCl. The lowest BCUT2D eigenvalue weighted by Crippen LogP contribution is -2.20. The van der Waals surface area contributed by atoms with E-state index in [4.69, 9.17) is 11.6 Å².